The Morgan fingerprint density at radius 2 is 2.24 bits per heavy atom. The highest BCUT2D eigenvalue weighted by Gasteiger charge is 2.21. The average Bonchev–Trinajstić information content (AvgIpc) is 3.17. The molecule has 1 aromatic carbocycles. The third-order valence-corrected chi connectivity index (χ3v) is 3.77. The van der Waals surface area contributed by atoms with Crippen molar-refractivity contribution in [2.45, 2.75) is 19.3 Å². The molecule has 0 aromatic heterocycles. The summed E-state index contributed by atoms with van der Waals surface area (Å²) in [7, 11) is 0. The molecule has 1 N–H and O–H groups in total. The fourth-order valence-corrected chi connectivity index (χ4v) is 2.38. The monoisotopic (exact) mass is 311 g/mol. The van der Waals surface area contributed by atoms with Crippen LogP contribution in [-0.4, -0.2) is 32.5 Å². The SMILES string of the molecule is O=C(NCCCOCC1CC1)c1cc(Cl)c2c(c1)OCO2. The Kier molecular flexibility index (Phi) is 4.51. The number of fused-ring (bicyclic) bond motifs is 1. The maximum absolute atomic E-state index is 12.0. The van der Waals surface area contributed by atoms with Gasteiger partial charge in [0.25, 0.3) is 5.91 Å². The Hall–Kier alpha value is -1.46. The molecule has 0 spiro atoms. The molecule has 1 aliphatic heterocycles. The summed E-state index contributed by atoms with van der Waals surface area (Å²) in [6.45, 7) is 2.25. The van der Waals surface area contributed by atoms with Gasteiger partial charge in [-0.25, -0.2) is 0 Å². The summed E-state index contributed by atoms with van der Waals surface area (Å²) < 4.78 is 16.0. The number of halogens is 1. The lowest BCUT2D eigenvalue weighted by Crippen LogP contribution is -2.25. The molecule has 0 saturated heterocycles. The molecule has 1 heterocycles. The quantitative estimate of drug-likeness (QED) is 0.786. The predicted octanol–water partition coefficient (Wildman–Crippen LogP) is 2.62. The van der Waals surface area contributed by atoms with Crippen molar-refractivity contribution in [3.63, 3.8) is 0 Å². The molecule has 21 heavy (non-hydrogen) atoms. The van der Waals surface area contributed by atoms with Crippen LogP contribution < -0.4 is 14.8 Å². The van der Waals surface area contributed by atoms with Crippen molar-refractivity contribution in [2.24, 2.45) is 5.92 Å². The molecule has 0 bridgehead atoms. The second-order valence-electron chi connectivity index (χ2n) is 5.32. The van der Waals surface area contributed by atoms with E-state index in [1.165, 1.54) is 12.8 Å². The fraction of sp³-hybridized carbons (Fsp3) is 0.533. The maximum Gasteiger partial charge on any atom is 0.251 e. The number of hydrogen-bond donors (Lipinski definition) is 1. The minimum absolute atomic E-state index is 0.137. The normalized spacial score (nSPS) is 16.0. The number of carbonyl (C=O) groups is 1. The third kappa shape index (κ3) is 3.80. The smallest absolute Gasteiger partial charge is 0.251 e. The van der Waals surface area contributed by atoms with E-state index in [4.69, 9.17) is 25.8 Å². The number of nitrogens with one attached hydrogen (secondary N) is 1. The van der Waals surface area contributed by atoms with Gasteiger partial charge in [-0.3, -0.25) is 4.79 Å². The van der Waals surface area contributed by atoms with Crippen LogP contribution in [0.15, 0.2) is 12.1 Å². The zero-order chi connectivity index (χ0) is 14.7. The van der Waals surface area contributed by atoms with E-state index in [1.807, 2.05) is 0 Å². The van der Waals surface area contributed by atoms with Crippen molar-refractivity contribution in [3.05, 3.63) is 22.7 Å². The fourth-order valence-electron chi connectivity index (χ4n) is 2.11. The first-order valence-electron chi connectivity index (χ1n) is 7.19. The molecule has 3 rings (SSSR count). The van der Waals surface area contributed by atoms with E-state index in [1.54, 1.807) is 12.1 Å². The van der Waals surface area contributed by atoms with Gasteiger partial charge in [0.05, 0.1) is 5.02 Å². The van der Waals surface area contributed by atoms with Crippen molar-refractivity contribution < 1.29 is 19.0 Å². The van der Waals surface area contributed by atoms with E-state index in [0.717, 1.165) is 18.9 Å². The molecular formula is C15H18ClNO4. The molecular weight excluding hydrogens is 294 g/mol. The lowest BCUT2D eigenvalue weighted by atomic mass is 10.2. The molecule has 1 amide bonds. The van der Waals surface area contributed by atoms with Crippen LogP contribution in [0.25, 0.3) is 0 Å². The van der Waals surface area contributed by atoms with Crippen molar-refractivity contribution in [1.82, 2.24) is 5.32 Å². The minimum Gasteiger partial charge on any atom is -0.454 e. The molecule has 0 unspecified atom stereocenters. The van der Waals surface area contributed by atoms with Gasteiger partial charge in [-0.05, 0) is 37.3 Å². The minimum atomic E-state index is -0.169. The number of hydrogen-bond acceptors (Lipinski definition) is 4. The molecule has 1 saturated carbocycles. The lowest BCUT2D eigenvalue weighted by molar-refractivity contribution is 0.0937. The van der Waals surface area contributed by atoms with Crippen LogP contribution in [0.2, 0.25) is 5.02 Å². The molecule has 6 heteroatoms. The molecule has 5 nitrogen and oxygen atoms in total. The molecule has 1 fully saturated rings. The summed E-state index contributed by atoms with van der Waals surface area (Å²) in [6, 6.07) is 3.24. The van der Waals surface area contributed by atoms with Gasteiger partial charge >= 0.3 is 0 Å². The summed E-state index contributed by atoms with van der Waals surface area (Å²) in [6.07, 6.45) is 3.39. The van der Waals surface area contributed by atoms with E-state index in [-0.39, 0.29) is 12.7 Å². The first-order valence-corrected chi connectivity index (χ1v) is 7.57. The van der Waals surface area contributed by atoms with Crippen LogP contribution in [0.3, 0.4) is 0 Å². The second kappa shape index (κ2) is 6.54. The zero-order valence-corrected chi connectivity index (χ0v) is 12.4. The average molecular weight is 312 g/mol. The lowest BCUT2D eigenvalue weighted by Gasteiger charge is -2.07. The topological polar surface area (TPSA) is 56.8 Å². The summed E-state index contributed by atoms with van der Waals surface area (Å²) >= 11 is 6.05. The van der Waals surface area contributed by atoms with E-state index < -0.39 is 0 Å². The van der Waals surface area contributed by atoms with Gasteiger partial charge in [-0.15, -0.1) is 0 Å². The Bertz CT molecular complexity index is 531. The number of rotatable bonds is 7. The predicted molar refractivity (Wildman–Crippen MR) is 78.1 cm³/mol. The summed E-state index contributed by atoms with van der Waals surface area (Å²) in [5, 5.41) is 3.24. The van der Waals surface area contributed by atoms with Crippen LogP contribution in [0, 0.1) is 5.92 Å². The maximum atomic E-state index is 12.0. The molecule has 0 radical (unpaired) electrons. The van der Waals surface area contributed by atoms with E-state index in [9.17, 15) is 4.79 Å². The van der Waals surface area contributed by atoms with Crippen LogP contribution in [-0.2, 0) is 4.74 Å². The highest BCUT2D eigenvalue weighted by Crippen LogP contribution is 2.39. The largest absolute Gasteiger partial charge is 0.454 e. The van der Waals surface area contributed by atoms with Gasteiger partial charge in [0.1, 0.15) is 0 Å². The van der Waals surface area contributed by atoms with Crippen molar-refractivity contribution in [3.8, 4) is 11.5 Å². The summed E-state index contributed by atoms with van der Waals surface area (Å²) in [4.78, 5) is 12.0. The Morgan fingerprint density at radius 3 is 3.05 bits per heavy atom. The second-order valence-corrected chi connectivity index (χ2v) is 5.73. The van der Waals surface area contributed by atoms with Crippen molar-refractivity contribution in [1.29, 1.82) is 0 Å². The first kappa shape index (κ1) is 14.5. The highest BCUT2D eigenvalue weighted by atomic mass is 35.5. The van der Waals surface area contributed by atoms with Crippen molar-refractivity contribution in [2.75, 3.05) is 26.6 Å². The summed E-state index contributed by atoms with van der Waals surface area (Å²) in [5.74, 6) is 1.62. The highest BCUT2D eigenvalue weighted by molar-refractivity contribution is 6.32. The summed E-state index contributed by atoms with van der Waals surface area (Å²) in [5.41, 5.74) is 0.475. The standard InChI is InChI=1S/C15H18ClNO4/c16-12-6-11(7-13-14(12)21-9-20-13)15(18)17-4-1-5-19-8-10-2-3-10/h6-7,10H,1-5,8-9H2,(H,17,18). The number of ether oxygens (including phenoxy) is 3. The molecule has 1 aromatic rings. The van der Waals surface area contributed by atoms with Gasteiger partial charge < -0.3 is 19.5 Å². The van der Waals surface area contributed by atoms with E-state index >= 15 is 0 Å². The van der Waals surface area contributed by atoms with Crippen LogP contribution >= 0.6 is 11.6 Å². The van der Waals surface area contributed by atoms with Gasteiger partial charge in [-0.2, -0.15) is 0 Å². The molecule has 2 aliphatic rings. The van der Waals surface area contributed by atoms with Crippen LogP contribution in [0.4, 0.5) is 0 Å². The van der Waals surface area contributed by atoms with Gasteiger partial charge in [0.15, 0.2) is 11.5 Å². The van der Waals surface area contributed by atoms with Gasteiger partial charge in [0.2, 0.25) is 6.79 Å². The number of carbonyl (C=O) groups excluding carboxylic acids is 1. The number of benzene rings is 1. The van der Waals surface area contributed by atoms with Crippen LogP contribution in [0.5, 0.6) is 11.5 Å². The Balaban J connectivity index is 1.43. The van der Waals surface area contributed by atoms with Gasteiger partial charge in [0, 0.05) is 25.3 Å². The van der Waals surface area contributed by atoms with Crippen molar-refractivity contribution >= 4 is 17.5 Å². The van der Waals surface area contributed by atoms with Gasteiger partial charge in [-0.1, -0.05) is 11.6 Å². The Labute approximate surface area is 128 Å². The molecule has 0 atom stereocenters. The third-order valence-electron chi connectivity index (χ3n) is 3.49. The molecule has 1 aliphatic carbocycles. The van der Waals surface area contributed by atoms with Crippen LogP contribution in [0.1, 0.15) is 29.6 Å². The first-order chi connectivity index (χ1) is 10.2. The van der Waals surface area contributed by atoms with E-state index in [2.05, 4.69) is 5.32 Å². The number of amides is 1. The van der Waals surface area contributed by atoms with E-state index in [0.29, 0.717) is 35.2 Å². The zero-order valence-electron chi connectivity index (χ0n) is 11.7. The molecule has 114 valence electrons. The Morgan fingerprint density at radius 1 is 1.38 bits per heavy atom.